The van der Waals surface area contributed by atoms with Gasteiger partial charge in [0.15, 0.2) is 0 Å². The average Bonchev–Trinajstić information content (AvgIpc) is 2.88. The Morgan fingerprint density at radius 3 is 2.67 bits per heavy atom. The topological polar surface area (TPSA) is 16.1 Å². The molecule has 1 aromatic heterocycles. The molecule has 0 bridgehead atoms. The van der Waals surface area contributed by atoms with E-state index in [1.807, 2.05) is 24.3 Å². The van der Waals surface area contributed by atoms with Crippen LogP contribution in [0.3, 0.4) is 0 Å². The van der Waals surface area contributed by atoms with Gasteiger partial charge in [-0.25, -0.2) is 4.98 Å². The van der Waals surface area contributed by atoms with Crippen molar-refractivity contribution in [1.82, 2.24) is 9.88 Å². The zero-order valence-electron chi connectivity index (χ0n) is 11.9. The van der Waals surface area contributed by atoms with Crippen LogP contribution >= 0.6 is 22.9 Å². The predicted molar refractivity (Wildman–Crippen MR) is 91.1 cm³/mol. The summed E-state index contributed by atoms with van der Waals surface area (Å²) in [6.07, 6.45) is 0.959. The van der Waals surface area contributed by atoms with Crippen molar-refractivity contribution in [3.8, 4) is 0 Å². The molecule has 4 heteroatoms. The number of aromatic nitrogens is 1. The number of para-hydroxylation sites is 1. The van der Waals surface area contributed by atoms with Gasteiger partial charge in [-0.1, -0.05) is 41.9 Å². The third kappa shape index (κ3) is 3.62. The van der Waals surface area contributed by atoms with Crippen LogP contribution in [0.15, 0.2) is 48.5 Å². The van der Waals surface area contributed by atoms with Crippen molar-refractivity contribution in [3.63, 3.8) is 0 Å². The lowest BCUT2D eigenvalue weighted by Crippen LogP contribution is -2.20. The first kappa shape index (κ1) is 14.5. The molecule has 0 fully saturated rings. The summed E-state index contributed by atoms with van der Waals surface area (Å²) in [5.41, 5.74) is 2.30. The Balaban J connectivity index is 1.61. The third-order valence-corrected chi connectivity index (χ3v) is 4.85. The Bertz CT molecular complexity index is 705. The summed E-state index contributed by atoms with van der Waals surface area (Å²) in [5.74, 6) is 0. The van der Waals surface area contributed by atoms with E-state index in [4.69, 9.17) is 11.6 Å². The summed E-state index contributed by atoms with van der Waals surface area (Å²) in [4.78, 5) is 6.97. The number of benzene rings is 2. The molecule has 108 valence electrons. The van der Waals surface area contributed by atoms with Gasteiger partial charge in [0, 0.05) is 11.6 Å². The number of nitrogens with zero attached hydrogens (tertiary/aromatic N) is 2. The highest BCUT2D eigenvalue weighted by molar-refractivity contribution is 7.18. The van der Waals surface area contributed by atoms with Crippen LogP contribution in [-0.2, 0) is 13.0 Å². The molecule has 0 radical (unpaired) electrons. The summed E-state index contributed by atoms with van der Waals surface area (Å²) in [6, 6.07) is 16.3. The molecule has 2 nitrogen and oxygen atoms in total. The molecule has 0 saturated heterocycles. The van der Waals surface area contributed by atoms with E-state index in [2.05, 4.69) is 41.2 Å². The van der Waals surface area contributed by atoms with Crippen LogP contribution < -0.4 is 0 Å². The fraction of sp³-hybridized carbons (Fsp3) is 0.235. The van der Waals surface area contributed by atoms with Gasteiger partial charge in [0.2, 0.25) is 0 Å². The van der Waals surface area contributed by atoms with E-state index < -0.39 is 0 Å². The number of thiazole rings is 1. The van der Waals surface area contributed by atoms with Gasteiger partial charge in [-0.2, -0.15) is 0 Å². The van der Waals surface area contributed by atoms with Gasteiger partial charge in [0.05, 0.1) is 16.8 Å². The van der Waals surface area contributed by atoms with Crippen molar-refractivity contribution >= 4 is 33.2 Å². The van der Waals surface area contributed by atoms with E-state index in [1.54, 1.807) is 11.3 Å². The van der Waals surface area contributed by atoms with Gasteiger partial charge in [-0.05, 0) is 37.2 Å². The zero-order valence-corrected chi connectivity index (χ0v) is 13.5. The molecule has 21 heavy (non-hydrogen) atoms. The van der Waals surface area contributed by atoms with Crippen molar-refractivity contribution in [3.05, 3.63) is 64.1 Å². The van der Waals surface area contributed by atoms with E-state index in [9.17, 15) is 0 Å². The molecule has 0 unspecified atom stereocenters. The molecule has 0 aliphatic rings. The molecule has 3 aromatic rings. The molecule has 1 heterocycles. The second kappa shape index (κ2) is 6.56. The fourth-order valence-corrected chi connectivity index (χ4v) is 3.59. The quantitative estimate of drug-likeness (QED) is 0.682. The molecular formula is C17H17ClN2S. The van der Waals surface area contributed by atoms with Crippen LogP contribution in [0, 0.1) is 0 Å². The minimum Gasteiger partial charge on any atom is -0.299 e. The summed E-state index contributed by atoms with van der Waals surface area (Å²) in [5, 5.41) is 2.02. The largest absolute Gasteiger partial charge is 0.299 e. The van der Waals surface area contributed by atoms with Crippen molar-refractivity contribution < 1.29 is 0 Å². The summed E-state index contributed by atoms with van der Waals surface area (Å²) >= 11 is 7.96. The van der Waals surface area contributed by atoms with Gasteiger partial charge in [0.25, 0.3) is 0 Å². The maximum Gasteiger partial charge on any atom is 0.108 e. The van der Waals surface area contributed by atoms with Gasteiger partial charge in [0.1, 0.15) is 5.01 Å². The summed E-state index contributed by atoms with van der Waals surface area (Å²) < 4.78 is 1.26. The first-order chi connectivity index (χ1) is 10.2. The van der Waals surface area contributed by atoms with Crippen LogP contribution in [-0.4, -0.2) is 23.5 Å². The van der Waals surface area contributed by atoms with Gasteiger partial charge in [-0.3, -0.25) is 4.90 Å². The lowest BCUT2D eigenvalue weighted by atomic mass is 10.1. The molecule has 0 N–H and O–H groups in total. The number of fused-ring (bicyclic) bond motifs is 1. The molecule has 0 aliphatic heterocycles. The minimum absolute atomic E-state index is 0.853. The van der Waals surface area contributed by atoms with Gasteiger partial charge >= 0.3 is 0 Å². The van der Waals surface area contributed by atoms with E-state index in [1.165, 1.54) is 10.3 Å². The minimum atomic E-state index is 0.853. The van der Waals surface area contributed by atoms with Crippen LogP contribution in [0.5, 0.6) is 0 Å². The maximum atomic E-state index is 6.19. The number of hydrogen-bond donors (Lipinski definition) is 0. The summed E-state index contributed by atoms with van der Waals surface area (Å²) in [7, 11) is 2.13. The third-order valence-electron chi connectivity index (χ3n) is 3.46. The monoisotopic (exact) mass is 316 g/mol. The fourth-order valence-electron chi connectivity index (χ4n) is 2.31. The molecule has 0 amide bonds. The first-order valence-corrected chi connectivity index (χ1v) is 8.18. The SMILES string of the molecule is CN(CCc1ccccc1Cl)Cc1nc2ccccc2s1. The van der Waals surface area contributed by atoms with Gasteiger partial charge in [-0.15, -0.1) is 11.3 Å². The van der Waals surface area contributed by atoms with Crippen LogP contribution in [0.25, 0.3) is 10.2 Å². The highest BCUT2D eigenvalue weighted by atomic mass is 35.5. The second-order valence-electron chi connectivity index (χ2n) is 5.15. The Morgan fingerprint density at radius 1 is 1.10 bits per heavy atom. The normalized spacial score (nSPS) is 11.4. The van der Waals surface area contributed by atoms with Crippen LogP contribution in [0.2, 0.25) is 5.02 Å². The molecule has 0 aliphatic carbocycles. The molecule has 0 spiro atoms. The highest BCUT2D eigenvalue weighted by Crippen LogP contribution is 2.22. The van der Waals surface area contributed by atoms with E-state index in [-0.39, 0.29) is 0 Å². The zero-order chi connectivity index (χ0) is 14.7. The van der Waals surface area contributed by atoms with Gasteiger partial charge < -0.3 is 0 Å². The number of halogens is 1. The molecule has 0 saturated carbocycles. The predicted octanol–water partition coefficient (Wildman–Crippen LogP) is 4.62. The molecule has 3 rings (SSSR count). The standard InChI is InChI=1S/C17H17ClN2S/c1-20(11-10-13-6-2-3-7-14(13)18)12-17-19-15-8-4-5-9-16(15)21-17/h2-9H,10-12H2,1H3. The number of hydrogen-bond acceptors (Lipinski definition) is 3. The first-order valence-electron chi connectivity index (χ1n) is 6.99. The molecule has 0 atom stereocenters. The Hall–Kier alpha value is -1.42. The molecule has 2 aromatic carbocycles. The van der Waals surface area contributed by atoms with E-state index in [0.29, 0.717) is 0 Å². The maximum absolute atomic E-state index is 6.19. The Morgan fingerprint density at radius 2 is 1.86 bits per heavy atom. The lowest BCUT2D eigenvalue weighted by molar-refractivity contribution is 0.331. The van der Waals surface area contributed by atoms with Crippen LogP contribution in [0.1, 0.15) is 10.6 Å². The average molecular weight is 317 g/mol. The van der Waals surface area contributed by atoms with Crippen molar-refractivity contribution in [1.29, 1.82) is 0 Å². The molecular weight excluding hydrogens is 300 g/mol. The van der Waals surface area contributed by atoms with Crippen molar-refractivity contribution in [2.24, 2.45) is 0 Å². The van der Waals surface area contributed by atoms with Crippen molar-refractivity contribution in [2.45, 2.75) is 13.0 Å². The Kier molecular flexibility index (Phi) is 4.54. The second-order valence-corrected chi connectivity index (χ2v) is 6.68. The lowest BCUT2D eigenvalue weighted by Gasteiger charge is -2.15. The van der Waals surface area contributed by atoms with E-state index >= 15 is 0 Å². The highest BCUT2D eigenvalue weighted by Gasteiger charge is 2.07. The van der Waals surface area contributed by atoms with E-state index in [0.717, 1.165) is 35.1 Å². The van der Waals surface area contributed by atoms with Crippen LogP contribution in [0.4, 0.5) is 0 Å². The van der Waals surface area contributed by atoms with Crippen molar-refractivity contribution in [2.75, 3.05) is 13.6 Å². The summed E-state index contributed by atoms with van der Waals surface area (Å²) in [6.45, 7) is 1.85. The number of likely N-dealkylation sites (N-methyl/N-ethyl adjacent to an activating group) is 1. The Labute approximate surface area is 134 Å². The smallest absolute Gasteiger partial charge is 0.108 e. The number of rotatable bonds is 5.